The Balaban J connectivity index is 1.66. The zero-order valence-corrected chi connectivity index (χ0v) is 12.0. The molecule has 1 aliphatic carbocycles. The van der Waals surface area contributed by atoms with Crippen molar-refractivity contribution >= 4 is 5.91 Å². The van der Waals surface area contributed by atoms with Gasteiger partial charge in [0.05, 0.1) is 18.3 Å². The van der Waals surface area contributed by atoms with Gasteiger partial charge in [0.15, 0.2) is 0 Å². The Morgan fingerprint density at radius 3 is 2.90 bits per heavy atom. The molecule has 20 heavy (non-hydrogen) atoms. The molecule has 0 bridgehead atoms. The molecule has 1 fully saturated rings. The number of hydrogen-bond donors (Lipinski definition) is 2. The van der Waals surface area contributed by atoms with E-state index in [-0.39, 0.29) is 5.91 Å². The summed E-state index contributed by atoms with van der Waals surface area (Å²) in [6.07, 6.45) is 6.10. The topological polar surface area (TPSA) is 77.2 Å². The minimum atomic E-state index is -0.0927. The number of amides is 1. The number of pyridine rings is 1. The van der Waals surface area contributed by atoms with Gasteiger partial charge >= 0.3 is 0 Å². The van der Waals surface area contributed by atoms with Gasteiger partial charge in [0, 0.05) is 24.5 Å². The number of ether oxygens (including phenoxy) is 1. The van der Waals surface area contributed by atoms with Crippen molar-refractivity contribution in [2.75, 3.05) is 13.2 Å². The standard InChI is InChI=1S/C15H23N3O2/c1-11-14(3-2-8-17-11)15(19)18-9-10-20-13-6-4-12(16)5-7-13/h2-3,8,12-13H,4-7,9-10,16H2,1H3,(H,18,19). The molecule has 0 aromatic carbocycles. The Bertz CT molecular complexity index is 442. The number of aromatic nitrogens is 1. The van der Waals surface area contributed by atoms with Crippen molar-refractivity contribution in [3.8, 4) is 0 Å². The van der Waals surface area contributed by atoms with Crippen LogP contribution >= 0.6 is 0 Å². The van der Waals surface area contributed by atoms with Gasteiger partial charge in [-0.05, 0) is 44.7 Å². The summed E-state index contributed by atoms with van der Waals surface area (Å²) in [5, 5.41) is 2.86. The van der Waals surface area contributed by atoms with Crippen molar-refractivity contribution in [3.63, 3.8) is 0 Å². The van der Waals surface area contributed by atoms with E-state index in [1.165, 1.54) is 0 Å². The molecule has 1 aromatic rings. The second kappa shape index (κ2) is 7.36. The number of nitrogens with zero attached hydrogens (tertiary/aromatic N) is 1. The van der Waals surface area contributed by atoms with Gasteiger partial charge in [-0.25, -0.2) is 0 Å². The molecular formula is C15H23N3O2. The van der Waals surface area contributed by atoms with E-state index in [4.69, 9.17) is 10.5 Å². The van der Waals surface area contributed by atoms with Crippen molar-refractivity contribution in [1.82, 2.24) is 10.3 Å². The highest BCUT2D eigenvalue weighted by Gasteiger charge is 2.18. The van der Waals surface area contributed by atoms with Crippen LogP contribution in [0.2, 0.25) is 0 Å². The Hall–Kier alpha value is -1.46. The molecule has 3 N–H and O–H groups in total. The molecule has 1 aromatic heterocycles. The van der Waals surface area contributed by atoms with Gasteiger partial charge in [-0.2, -0.15) is 0 Å². The third kappa shape index (κ3) is 4.28. The molecule has 0 spiro atoms. The van der Waals surface area contributed by atoms with E-state index in [0.717, 1.165) is 31.4 Å². The lowest BCUT2D eigenvalue weighted by Crippen LogP contribution is -2.33. The summed E-state index contributed by atoms with van der Waals surface area (Å²) in [6, 6.07) is 3.88. The number of carbonyl (C=O) groups excluding carboxylic acids is 1. The lowest BCUT2D eigenvalue weighted by atomic mass is 9.94. The Morgan fingerprint density at radius 1 is 1.45 bits per heavy atom. The molecular weight excluding hydrogens is 254 g/mol. The van der Waals surface area contributed by atoms with Crippen LogP contribution < -0.4 is 11.1 Å². The van der Waals surface area contributed by atoms with E-state index in [9.17, 15) is 4.79 Å². The van der Waals surface area contributed by atoms with Crippen molar-refractivity contribution < 1.29 is 9.53 Å². The molecule has 1 amide bonds. The fraction of sp³-hybridized carbons (Fsp3) is 0.600. The third-order valence-corrected chi connectivity index (χ3v) is 3.71. The second-order valence-electron chi connectivity index (χ2n) is 5.30. The summed E-state index contributed by atoms with van der Waals surface area (Å²) in [5.74, 6) is -0.0927. The predicted molar refractivity (Wildman–Crippen MR) is 77.5 cm³/mol. The summed E-state index contributed by atoms with van der Waals surface area (Å²) in [7, 11) is 0. The second-order valence-corrected chi connectivity index (χ2v) is 5.30. The lowest BCUT2D eigenvalue weighted by molar-refractivity contribution is 0.0267. The fourth-order valence-corrected chi connectivity index (χ4v) is 2.46. The summed E-state index contributed by atoms with van der Waals surface area (Å²) in [6.45, 7) is 2.90. The first-order chi connectivity index (χ1) is 9.66. The molecule has 1 saturated carbocycles. The Labute approximate surface area is 119 Å². The summed E-state index contributed by atoms with van der Waals surface area (Å²) in [5.41, 5.74) is 7.22. The van der Waals surface area contributed by atoms with Crippen LogP contribution in [-0.4, -0.2) is 36.2 Å². The normalized spacial score (nSPS) is 22.5. The molecule has 5 heteroatoms. The molecule has 0 radical (unpaired) electrons. The zero-order valence-electron chi connectivity index (χ0n) is 12.0. The molecule has 1 heterocycles. The number of nitrogens with two attached hydrogens (primary N) is 1. The smallest absolute Gasteiger partial charge is 0.253 e. The van der Waals surface area contributed by atoms with Crippen molar-refractivity contribution in [1.29, 1.82) is 0 Å². The van der Waals surface area contributed by atoms with Gasteiger partial charge in [0.2, 0.25) is 0 Å². The number of carbonyl (C=O) groups is 1. The maximum atomic E-state index is 11.9. The average Bonchev–Trinajstić information content (AvgIpc) is 2.46. The van der Waals surface area contributed by atoms with E-state index < -0.39 is 0 Å². The fourth-order valence-electron chi connectivity index (χ4n) is 2.46. The van der Waals surface area contributed by atoms with Crippen LogP contribution in [0.1, 0.15) is 41.7 Å². The van der Waals surface area contributed by atoms with Crippen LogP contribution in [0.15, 0.2) is 18.3 Å². The summed E-state index contributed by atoms with van der Waals surface area (Å²) < 4.78 is 5.76. The number of aryl methyl sites for hydroxylation is 1. The van der Waals surface area contributed by atoms with Crippen LogP contribution in [0.25, 0.3) is 0 Å². The number of nitrogens with one attached hydrogen (secondary N) is 1. The maximum absolute atomic E-state index is 11.9. The molecule has 110 valence electrons. The Morgan fingerprint density at radius 2 is 2.20 bits per heavy atom. The van der Waals surface area contributed by atoms with Crippen LogP contribution in [0.4, 0.5) is 0 Å². The van der Waals surface area contributed by atoms with Crippen LogP contribution in [-0.2, 0) is 4.74 Å². The first-order valence-corrected chi connectivity index (χ1v) is 7.24. The van der Waals surface area contributed by atoms with E-state index in [0.29, 0.717) is 30.9 Å². The number of rotatable bonds is 5. The highest BCUT2D eigenvalue weighted by Crippen LogP contribution is 2.19. The van der Waals surface area contributed by atoms with Crippen LogP contribution in [0.3, 0.4) is 0 Å². The van der Waals surface area contributed by atoms with Gasteiger partial charge in [0.1, 0.15) is 0 Å². The van der Waals surface area contributed by atoms with Gasteiger partial charge in [0.25, 0.3) is 5.91 Å². The predicted octanol–water partition coefficient (Wildman–Crippen LogP) is 1.41. The molecule has 0 aliphatic heterocycles. The summed E-state index contributed by atoms with van der Waals surface area (Å²) in [4.78, 5) is 16.0. The van der Waals surface area contributed by atoms with Crippen LogP contribution in [0.5, 0.6) is 0 Å². The van der Waals surface area contributed by atoms with Gasteiger partial charge < -0.3 is 15.8 Å². The number of hydrogen-bond acceptors (Lipinski definition) is 4. The van der Waals surface area contributed by atoms with E-state index in [1.807, 2.05) is 6.92 Å². The maximum Gasteiger partial charge on any atom is 0.253 e. The quantitative estimate of drug-likeness (QED) is 0.798. The van der Waals surface area contributed by atoms with Gasteiger partial charge in [-0.1, -0.05) is 0 Å². The first-order valence-electron chi connectivity index (χ1n) is 7.24. The molecule has 1 aliphatic rings. The summed E-state index contributed by atoms with van der Waals surface area (Å²) >= 11 is 0. The van der Waals surface area contributed by atoms with Crippen LogP contribution in [0, 0.1) is 6.92 Å². The molecule has 0 saturated heterocycles. The van der Waals surface area contributed by atoms with E-state index in [2.05, 4.69) is 10.3 Å². The minimum absolute atomic E-state index is 0.0927. The van der Waals surface area contributed by atoms with E-state index in [1.54, 1.807) is 18.3 Å². The zero-order chi connectivity index (χ0) is 14.4. The molecule has 5 nitrogen and oxygen atoms in total. The SMILES string of the molecule is Cc1ncccc1C(=O)NCCOC1CCC(N)CC1. The van der Waals surface area contributed by atoms with Gasteiger partial charge in [-0.3, -0.25) is 9.78 Å². The van der Waals surface area contributed by atoms with E-state index >= 15 is 0 Å². The third-order valence-electron chi connectivity index (χ3n) is 3.71. The average molecular weight is 277 g/mol. The van der Waals surface area contributed by atoms with Gasteiger partial charge in [-0.15, -0.1) is 0 Å². The first kappa shape index (κ1) is 14.9. The molecule has 2 rings (SSSR count). The molecule has 0 atom stereocenters. The van der Waals surface area contributed by atoms with Crippen molar-refractivity contribution in [3.05, 3.63) is 29.6 Å². The van der Waals surface area contributed by atoms with Crippen molar-refractivity contribution in [2.24, 2.45) is 5.73 Å². The highest BCUT2D eigenvalue weighted by molar-refractivity contribution is 5.95. The highest BCUT2D eigenvalue weighted by atomic mass is 16.5. The Kier molecular flexibility index (Phi) is 5.49. The minimum Gasteiger partial charge on any atom is -0.376 e. The largest absolute Gasteiger partial charge is 0.376 e. The van der Waals surface area contributed by atoms with Crippen molar-refractivity contribution in [2.45, 2.75) is 44.8 Å². The lowest BCUT2D eigenvalue weighted by Gasteiger charge is -2.26. The molecule has 0 unspecified atom stereocenters. The monoisotopic (exact) mass is 277 g/mol.